The number of nitrogens with one attached hydrogen (secondary N) is 1. The lowest BCUT2D eigenvalue weighted by atomic mass is 10.0. The maximum atomic E-state index is 11.7. The van der Waals surface area contributed by atoms with Crippen LogP contribution in [0.2, 0.25) is 0 Å². The Morgan fingerprint density at radius 3 is 2.81 bits per heavy atom. The molecular weight excluding hydrogens is 206 g/mol. The van der Waals surface area contributed by atoms with Crippen LogP contribution in [-0.4, -0.2) is 16.1 Å². The molecule has 0 aromatic carbocycles. The highest BCUT2D eigenvalue weighted by molar-refractivity contribution is 6.32. The molecule has 3 rings (SSSR count). The third kappa shape index (κ3) is 0.995. The number of ketones is 2. The van der Waals surface area contributed by atoms with E-state index in [1.165, 1.54) is 12.2 Å². The maximum Gasteiger partial charge on any atom is 0.204 e. The van der Waals surface area contributed by atoms with Gasteiger partial charge in [-0.05, 0) is 18.2 Å². The van der Waals surface area contributed by atoms with Gasteiger partial charge in [0.1, 0.15) is 11.4 Å². The molecule has 5 nitrogen and oxygen atoms in total. The third-order valence-corrected chi connectivity index (χ3v) is 2.80. The zero-order chi connectivity index (χ0) is 11.3. The van der Waals surface area contributed by atoms with E-state index in [1.54, 1.807) is 16.8 Å². The number of nitrogen functional groups attached to an aromatic ring is 1. The zero-order valence-corrected chi connectivity index (χ0v) is 8.36. The number of nitrogens with zero attached hydrogens (tertiary/aromatic N) is 1. The van der Waals surface area contributed by atoms with Crippen LogP contribution in [0.25, 0.3) is 5.70 Å². The van der Waals surface area contributed by atoms with Gasteiger partial charge in [0.05, 0.1) is 17.9 Å². The van der Waals surface area contributed by atoms with Gasteiger partial charge in [0.15, 0.2) is 0 Å². The quantitative estimate of drug-likeness (QED) is 0.599. The van der Waals surface area contributed by atoms with Gasteiger partial charge in [-0.3, -0.25) is 9.59 Å². The Labute approximate surface area is 91.2 Å². The second-order valence-corrected chi connectivity index (χ2v) is 3.73. The molecule has 0 radical (unpaired) electrons. The molecule has 0 bridgehead atoms. The number of hydrogen-bond acceptors (Lipinski definition) is 4. The number of rotatable bonds is 0. The minimum Gasteiger partial charge on any atom is -0.397 e. The monoisotopic (exact) mass is 215 g/mol. The molecule has 1 aliphatic carbocycles. The molecule has 16 heavy (non-hydrogen) atoms. The van der Waals surface area contributed by atoms with Gasteiger partial charge in [0, 0.05) is 6.20 Å². The van der Waals surface area contributed by atoms with Gasteiger partial charge in [-0.1, -0.05) is 0 Å². The highest BCUT2D eigenvalue weighted by Gasteiger charge is 2.29. The molecule has 0 amide bonds. The van der Waals surface area contributed by atoms with E-state index in [9.17, 15) is 9.59 Å². The normalized spacial score (nSPS) is 18.2. The second-order valence-electron chi connectivity index (χ2n) is 3.73. The summed E-state index contributed by atoms with van der Waals surface area (Å²) in [4.78, 5) is 23.3. The highest BCUT2D eigenvalue weighted by atomic mass is 16.1. The van der Waals surface area contributed by atoms with Crippen molar-refractivity contribution in [2.45, 2.75) is 6.54 Å². The van der Waals surface area contributed by atoms with E-state index >= 15 is 0 Å². The lowest BCUT2D eigenvalue weighted by molar-refractivity contribution is -0.114. The summed E-state index contributed by atoms with van der Waals surface area (Å²) in [6.45, 7) is 0.463. The Morgan fingerprint density at radius 2 is 2.00 bits per heavy atom. The molecule has 5 heteroatoms. The van der Waals surface area contributed by atoms with Gasteiger partial charge in [-0.15, -0.1) is 0 Å². The molecule has 0 atom stereocenters. The Kier molecular flexibility index (Phi) is 1.60. The van der Waals surface area contributed by atoms with Crippen LogP contribution in [0.15, 0.2) is 30.1 Å². The standard InChI is InChI=1S/C11H9N3O2/c12-6-3-4-14-7(6)5-13-10-8(15)1-2-9(16)11(10)14/h1-4,13H,5,12H2. The lowest BCUT2D eigenvalue weighted by Gasteiger charge is -2.24. The van der Waals surface area contributed by atoms with Gasteiger partial charge < -0.3 is 15.6 Å². The average molecular weight is 215 g/mol. The van der Waals surface area contributed by atoms with Crippen molar-refractivity contribution in [1.29, 1.82) is 0 Å². The van der Waals surface area contributed by atoms with Crippen LogP contribution in [-0.2, 0) is 16.1 Å². The zero-order valence-electron chi connectivity index (χ0n) is 8.36. The smallest absolute Gasteiger partial charge is 0.204 e. The van der Waals surface area contributed by atoms with E-state index in [4.69, 9.17) is 5.73 Å². The van der Waals surface area contributed by atoms with Gasteiger partial charge in [-0.25, -0.2) is 0 Å². The summed E-state index contributed by atoms with van der Waals surface area (Å²) < 4.78 is 1.69. The lowest BCUT2D eigenvalue weighted by Crippen LogP contribution is -2.33. The van der Waals surface area contributed by atoms with E-state index in [0.29, 0.717) is 23.6 Å². The molecule has 0 unspecified atom stereocenters. The predicted molar refractivity (Wildman–Crippen MR) is 58.1 cm³/mol. The van der Waals surface area contributed by atoms with Crippen molar-refractivity contribution in [3.63, 3.8) is 0 Å². The van der Waals surface area contributed by atoms with E-state index < -0.39 is 0 Å². The number of fused-ring (bicyclic) bond motifs is 2. The van der Waals surface area contributed by atoms with Gasteiger partial charge >= 0.3 is 0 Å². The Balaban J connectivity index is 2.26. The van der Waals surface area contributed by atoms with Crippen LogP contribution in [0.3, 0.4) is 0 Å². The molecule has 3 N–H and O–H groups in total. The van der Waals surface area contributed by atoms with Crippen molar-refractivity contribution in [3.8, 4) is 0 Å². The maximum absolute atomic E-state index is 11.7. The largest absolute Gasteiger partial charge is 0.397 e. The first-order valence-corrected chi connectivity index (χ1v) is 4.89. The van der Waals surface area contributed by atoms with E-state index in [0.717, 1.165) is 5.69 Å². The Hall–Kier alpha value is -2.30. The second kappa shape index (κ2) is 2.85. The summed E-state index contributed by atoms with van der Waals surface area (Å²) in [5.74, 6) is -0.355. The summed E-state index contributed by atoms with van der Waals surface area (Å²) in [5.41, 5.74) is 7.92. The minimum absolute atomic E-state index is 0.174. The van der Waals surface area contributed by atoms with E-state index in [2.05, 4.69) is 5.32 Å². The van der Waals surface area contributed by atoms with Crippen molar-refractivity contribution >= 4 is 23.0 Å². The molecule has 2 aliphatic rings. The fraction of sp³-hybridized carbons (Fsp3) is 0.0909. The van der Waals surface area contributed by atoms with Crippen LogP contribution in [0.4, 0.5) is 5.69 Å². The summed E-state index contributed by atoms with van der Waals surface area (Å²) >= 11 is 0. The first-order valence-electron chi connectivity index (χ1n) is 4.89. The van der Waals surface area contributed by atoms with Gasteiger partial charge in [-0.2, -0.15) is 0 Å². The van der Waals surface area contributed by atoms with Crippen molar-refractivity contribution in [2.75, 3.05) is 5.73 Å². The average Bonchev–Trinajstić information content (AvgIpc) is 2.66. The van der Waals surface area contributed by atoms with Crippen LogP contribution in [0.1, 0.15) is 5.69 Å². The van der Waals surface area contributed by atoms with Crippen molar-refractivity contribution < 1.29 is 9.59 Å². The van der Waals surface area contributed by atoms with Crippen molar-refractivity contribution in [2.24, 2.45) is 0 Å². The number of carbonyl (C=O) groups excluding carboxylic acids is 2. The minimum atomic E-state index is -0.182. The Bertz CT molecular complexity index is 578. The van der Waals surface area contributed by atoms with Crippen molar-refractivity contribution in [1.82, 2.24) is 9.88 Å². The van der Waals surface area contributed by atoms with Gasteiger partial charge in [0.25, 0.3) is 0 Å². The molecule has 0 fully saturated rings. The number of nitrogens with two attached hydrogens (primary N) is 1. The highest BCUT2D eigenvalue weighted by Crippen LogP contribution is 2.27. The number of hydrogen-bond donors (Lipinski definition) is 2. The van der Waals surface area contributed by atoms with Crippen LogP contribution < -0.4 is 11.1 Å². The van der Waals surface area contributed by atoms with Crippen LogP contribution in [0, 0.1) is 0 Å². The topological polar surface area (TPSA) is 77.1 Å². The molecular formula is C11H9N3O2. The molecule has 0 spiro atoms. The molecule has 0 saturated heterocycles. The number of anilines is 1. The predicted octanol–water partition coefficient (Wildman–Crippen LogP) is 0.0501. The number of allylic oxidation sites excluding steroid dienone is 3. The number of carbonyl (C=O) groups is 2. The summed E-state index contributed by atoms with van der Waals surface area (Å²) in [7, 11) is 0. The van der Waals surface area contributed by atoms with Crippen LogP contribution >= 0.6 is 0 Å². The van der Waals surface area contributed by atoms with Gasteiger partial charge in [0.2, 0.25) is 11.6 Å². The first kappa shape index (κ1) is 8.96. The molecule has 0 saturated carbocycles. The van der Waals surface area contributed by atoms with E-state index in [1.807, 2.05) is 0 Å². The molecule has 2 heterocycles. The summed E-state index contributed by atoms with van der Waals surface area (Å²) in [5, 5.41) is 2.94. The third-order valence-electron chi connectivity index (χ3n) is 2.80. The summed E-state index contributed by atoms with van der Waals surface area (Å²) in [6.07, 6.45) is 4.28. The van der Waals surface area contributed by atoms with E-state index in [-0.39, 0.29) is 11.6 Å². The van der Waals surface area contributed by atoms with Crippen molar-refractivity contribution in [3.05, 3.63) is 35.8 Å². The molecule has 80 valence electrons. The molecule has 1 aromatic heterocycles. The van der Waals surface area contributed by atoms with Crippen LogP contribution in [0.5, 0.6) is 0 Å². The SMILES string of the molecule is Nc1ccn2c1CNC1=C2C(=O)C=CC1=O. The Morgan fingerprint density at radius 1 is 1.25 bits per heavy atom. The molecule has 1 aromatic rings. The number of aromatic nitrogens is 1. The molecule has 1 aliphatic heterocycles. The fourth-order valence-corrected chi connectivity index (χ4v) is 2.01. The fourth-order valence-electron chi connectivity index (χ4n) is 2.01. The first-order chi connectivity index (χ1) is 7.68. The summed E-state index contributed by atoms with van der Waals surface area (Å²) in [6, 6.07) is 1.73.